The number of nitriles is 1. The number of hydrogen-bond acceptors (Lipinski definition) is 3. The largest absolute Gasteiger partial charge is 0.371 e. The molecule has 0 N–H and O–H groups in total. The van der Waals surface area contributed by atoms with E-state index in [-0.39, 0.29) is 11.1 Å². The SMILES string of the molecule is N#CCN1CCO[C@H](c2ccc(F)c(Cl)c2)C1. The molecular weight excluding hydrogens is 243 g/mol. The van der Waals surface area contributed by atoms with Crippen LogP contribution in [0.1, 0.15) is 11.7 Å². The van der Waals surface area contributed by atoms with E-state index < -0.39 is 5.82 Å². The molecule has 3 nitrogen and oxygen atoms in total. The average molecular weight is 255 g/mol. The van der Waals surface area contributed by atoms with E-state index in [1.165, 1.54) is 6.07 Å². The lowest BCUT2D eigenvalue weighted by atomic mass is 10.1. The fourth-order valence-electron chi connectivity index (χ4n) is 1.86. The second-order valence-corrected chi connectivity index (χ2v) is 4.33. The molecule has 1 aromatic rings. The van der Waals surface area contributed by atoms with Crippen LogP contribution in [0.15, 0.2) is 18.2 Å². The van der Waals surface area contributed by atoms with E-state index in [9.17, 15) is 4.39 Å². The summed E-state index contributed by atoms with van der Waals surface area (Å²) in [6.07, 6.45) is -0.143. The van der Waals surface area contributed by atoms with E-state index in [0.717, 1.165) is 12.1 Å². The van der Waals surface area contributed by atoms with E-state index in [0.29, 0.717) is 19.7 Å². The van der Waals surface area contributed by atoms with Crippen LogP contribution in [-0.4, -0.2) is 31.1 Å². The standard InChI is InChI=1S/C12H12ClFN2O/c13-10-7-9(1-2-11(10)14)12-8-16(4-3-15)5-6-17-12/h1-2,7,12H,4-6,8H2/t12-/m0/s1. The molecule has 1 aromatic carbocycles. The molecule has 1 fully saturated rings. The van der Waals surface area contributed by atoms with E-state index in [1.807, 2.05) is 4.90 Å². The zero-order valence-corrected chi connectivity index (χ0v) is 9.95. The molecule has 1 aliphatic heterocycles. The normalized spacial score (nSPS) is 21.1. The van der Waals surface area contributed by atoms with Crippen molar-refractivity contribution in [3.8, 4) is 6.07 Å². The molecule has 0 saturated carbocycles. The Morgan fingerprint density at radius 3 is 3.12 bits per heavy atom. The minimum atomic E-state index is -0.430. The lowest BCUT2D eigenvalue weighted by molar-refractivity contribution is -0.0255. The van der Waals surface area contributed by atoms with Crippen molar-refractivity contribution in [2.75, 3.05) is 26.2 Å². The van der Waals surface area contributed by atoms with E-state index in [1.54, 1.807) is 12.1 Å². The highest BCUT2D eigenvalue weighted by Gasteiger charge is 2.22. The summed E-state index contributed by atoms with van der Waals surface area (Å²) in [5.74, 6) is -0.430. The van der Waals surface area contributed by atoms with Crippen molar-refractivity contribution in [3.05, 3.63) is 34.6 Å². The fourth-order valence-corrected chi connectivity index (χ4v) is 2.05. The minimum Gasteiger partial charge on any atom is -0.371 e. The zero-order chi connectivity index (χ0) is 12.3. The van der Waals surface area contributed by atoms with E-state index >= 15 is 0 Å². The van der Waals surface area contributed by atoms with E-state index in [4.69, 9.17) is 21.6 Å². The van der Waals surface area contributed by atoms with Gasteiger partial charge in [-0.05, 0) is 17.7 Å². The Balaban J connectivity index is 2.11. The second kappa shape index (κ2) is 5.46. The number of rotatable bonds is 2. The van der Waals surface area contributed by atoms with Crippen molar-refractivity contribution in [2.45, 2.75) is 6.10 Å². The molecule has 1 saturated heterocycles. The molecule has 0 amide bonds. The van der Waals surface area contributed by atoms with Gasteiger partial charge in [-0.15, -0.1) is 0 Å². The van der Waals surface area contributed by atoms with Crippen LogP contribution in [0.3, 0.4) is 0 Å². The molecule has 0 radical (unpaired) electrons. The van der Waals surface area contributed by atoms with Crippen LogP contribution in [0.4, 0.5) is 4.39 Å². The lowest BCUT2D eigenvalue weighted by Crippen LogP contribution is -2.38. The number of hydrogen-bond donors (Lipinski definition) is 0. The van der Waals surface area contributed by atoms with Crippen molar-refractivity contribution >= 4 is 11.6 Å². The van der Waals surface area contributed by atoms with Crippen molar-refractivity contribution in [1.29, 1.82) is 5.26 Å². The topological polar surface area (TPSA) is 36.3 Å². The summed E-state index contributed by atoms with van der Waals surface area (Å²) in [7, 11) is 0. The third-order valence-corrected chi connectivity index (χ3v) is 3.05. The van der Waals surface area contributed by atoms with Crippen LogP contribution < -0.4 is 0 Å². The fraction of sp³-hybridized carbons (Fsp3) is 0.417. The van der Waals surface area contributed by atoms with Gasteiger partial charge in [0.2, 0.25) is 0 Å². The summed E-state index contributed by atoms with van der Waals surface area (Å²) in [6.45, 7) is 2.34. The highest BCUT2D eigenvalue weighted by atomic mass is 35.5. The summed E-state index contributed by atoms with van der Waals surface area (Å²) < 4.78 is 18.6. The van der Waals surface area contributed by atoms with Gasteiger partial charge in [-0.3, -0.25) is 4.90 Å². The first-order chi connectivity index (χ1) is 8.20. The first kappa shape index (κ1) is 12.3. The molecule has 0 aliphatic carbocycles. The molecule has 2 rings (SSSR count). The third-order valence-electron chi connectivity index (χ3n) is 2.76. The molecule has 1 atom stereocenters. The molecule has 1 aliphatic rings. The molecule has 0 bridgehead atoms. The molecular formula is C12H12ClFN2O. The third kappa shape index (κ3) is 2.95. The Hall–Kier alpha value is -1.15. The minimum absolute atomic E-state index is 0.100. The summed E-state index contributed by atoms with van der Waals surface area (Å²) in [4.78, 5) is 2.01. The highest BCUT2D eigenvalue weighted by molar-refractivity contribution is 6.30. The Morgan fingerprint density at radius 2 is 2.41 bits per heavy atom. The van der Waals surface area contributed by atoms with Gasteiger partial charge in [0.1, 0.15) is 5.82 Å². The van der Waals surface area contributed by atoms with Crippen LogP contribution in [0.5, 0.6) is 0 Å². The predicted molar refractivity (Wildman–Crippen MR) is 62.2 cm³/mol. The highest BCUT2D eigenvalue weighted by Crippen LogP contribution is 2.25. The summed E-state index contributed by atoms with van der Waals surface area (Å²) in [5.41, 5.74) is 0.846. The number of ether oxygens (including phenoxy) is 1. The van der Waals surface area contributed by atoms with Gasteiger partial charge in [0.25, 0.3) is 0 Å². The van der Waals surface area contributed by atoms with Crippen LogP contribution in [0, 0.1) is 17.1 Å². The Kier molecular flexibility index (Phi) is 3.95. The zero-order valence-electron chi connectivity index (χ0n) is 9.20. The molecule has 17 heavy (non-hydrogen) atoms. The van der Waals surface area contributed by atoms with Gasteiger partial charge in [0.05, 0.1) is 30.3 Å². The molecule has 1 heterocycles. The van der Waals surface area contributed by atoms with Gasteiger partial charge in [-0.2, -0.15) is 5.26 Å². The van der Waals surface area contributed by atoms with Crippen molar-refractivity contribution in [3.63, 3.8) is 0 Å². The van der Waals surface area contributed by atoms with E-state index in [2.05, 4.69) is 6.07 Å². The molecule has 5 heteroatoms. The maximum absolute atomic E-state index is 13.0. The quantitative estimate of drug-likeness (QED) is 0.761. The first-order valence-electron chi connectivity index (χ1n) is 5.36. The summed E-state index contributed by atoms with van der Waals surface area (Å²) in [6, 6.07) is 6.70. The van der Waals surface area contributed by atoms with Gasteiger partial charge < -0.3 is 4.74 Å². The summed E-state index contributed by atoms with van der Waals surface area (Å²) in [5, 5.41) is 8.75. The average Bonchev–Trinajstić information content (AvgIpc) is 2.33. The van der Waals surface area contributed by atoms with Gasteiger partial charge >= 0.3 is 0 Å². The monoisotopic (exact) mass is 254 g/mol. The molecule has 0 spiro atoms. The Bertz CT molecular complexity index is 447. The smallest absolute Gasteiger partial charge is 0.141 e. The van der Waals surface area contributed by atoms with Crippen LogP contribution in [0.25, 0.3) is 0 Å². The molecule has 0 unspecified atom stereocenters. The number of nitrogens with zero attached hydrogens (tertiary/aromatic N) is 2. The van der Waals surface area contributed by atoms with Crippen LogP contribution >= 0.6 is 11.6 Å². The Morgan fingerprint density at radius 1 is 1.59 bits per heavy atom. The number of benzene rings is 1. The number of halogens is 2. The van der Waals surface area contributed by atoms with Crippen LogP contribution in [-0.2, 0) is 4.74 Å². The number of morpholine rings is 1. The molecule has 90 valence electrons. The van der Waals surface area contributed by atoms with Gasteiger partial charge in [-0.1, -0.05) is 17.7 Å². The van der Waals surface area contributed by atoms with Gasteiger partial charge in [0.15, 0.2) is 0 Å². The maximum atomic E-state index is 13.0. The Labute approximate surface area is 104 Å². The van der Waals surface area contributed by atoms with Gasteiger partial charge in [0, 0.05) is 13.1 Å². The maximum Gasteiger partial charge on any atom is 0.141 e. The first-order valence-corrected chi connectivity index (χ1v) is 5.74. The van der Waals surface area contributed by atoms with Crippen molar-refractivity contribution in [1.82, 2.24) is 4.90 Å². The predicted octanol–water partition coefficient (Wildman–Crippen LogP) is 2.38. The van der Waals surface area contributed by atoms with Crippen molar-refractivity contribution in [2.24, 2.45) is 0 Å². The second-order valence-electron chi connectivity index (χ2n) is 3.93. The molecule has 0 aromatic heterocycles. The van der Waals surface area contributed by atoms with Crippen molar-refractivity contribution < 1.29 is 9.13 Å². The van der Waals surface area contributed by atoms with Gasteiger partial charge in [-0.25, -0.2) is 4.39 Å². The lowest BCUT2D eigenvalue weighted by Gasteiger charge is -2.31. The van der Waals surface area contributed by atoms with Crippen LogP contribution in [0.2, 0.25) is 5.02 Å². The summed E-state index contributed by atoms with van der Waals surface area (Å²) >= 11 is 5.73.